The maximum absolute atomic E-state index is 12.2. The van der Waals surface area contributed by atoms with E-state index in [0.717, 1.165) is 0 Å². The molecule has 1 saturated heterocycles. The number of hydrogen-bond acceptors (Lipinski definition) is 3. The Labute approximate surface area is 154 Å². The number of carbonyl (C=O) groups excluding carboxylic acids is 2. The number of alkyl halides is 3. The standard InChI is InChI=1S/C17H20ClF3N2O3/c18-13-4-1-2-5-14(13)26-11-3-6-15(24)23-9-7-12(8-10-23)22-16(25)17(19,20)21/h1-2,4-5,12H,3,6-11H2,(H,22,25). The van der Waals surface area contributed by atoms with Crippen molar-refractivity contribution in [3.8, 4) is 5.75 Å². The number of rotatable bonds is 6. The first-order valence-corrected chi connectivity index (χ1v) is 8.68. The van der Waals surface area contributed by atoms with Crippen LogP contribution < -0.4 is 10.1 Å². The van der Waals surface area contributed by atoms with Gasteiger partial charge in [0.2, 0.25) is 5.91 Å². The Morgan fingerprint density at radius 2 is 1.88 bits per heavy atom. The van der Waals surface area contributed by atoms with Crippen molar-refractivity contribution in [3.63, 3.8) is 0 Å². The highest BCUT2D eigenvalue weighted by Gasteiger charge is 2.40. The molecule has 0 unspecified atom stereocenters. The minimum atomic E-state index is -4.88. The van der Waals surface area contributed by atoms with E-state index in [4.69, 9.17) is 16.3 Å². The molecule has 0 aromatic heterocycles. The van der Waals surface area contributed by atoms with Gasteiger partial charge in [-0.1, -0.05) is 23.7 Å². The lowest BCUT2D eigenvalue weighted by atomic mass is 10.0. The van der Waals surface area contributed by atoms with Gasteiger partial charge in [0.05, 0.1) is 11.6 Å². The first kappa shape index (κ1) is 20.4. The largest absolute Gasteiger partial charge is 0.492 e. The van der Waals surface area contributed by atoms with E-state index in [0.29, 0.717) is 49.7 Å². The SMILES string of the molecule is O=C(CCCOc1ccccc1Cl)N1CCC(NC(=O)C(F)(F)F)CC1. The fourth-order valence-electron chi connectivity index (χ4n) is 2.67. The monoisotopic (exact) mass is 392 g/mol. The van der Waals surface area contributed by atoms with Crippen molar-refractivity contribution >= 4 is 23.4 Å². The predicted octanol–water partition coefficient (Wildman–Crippen LogP) is 3.17. The van der Waals surface area contributed by atoms with E-state index in [-0.39, 0.29) is 12.3 Å². The van der Waals surface area contributed by atoms with Gasteiger partial charge in [0.15, 0.2) is 0 Å². The number of para-hydroxylation sites is 1. The second-order valence-corrected chi connectivity index (χ2v) is 6.42. The van der Waals surface area contributed by atoms with Gasteiger partial charge in [-0.3, -0.25) is 9.59 Å². The average Bonchev–Trinajstić information content (AvgIpc) is 2.59. The molecule has 0 bridgehead atoms. The van der Waals surface area contributed by atoms with Crippen molar-refractivity contribution in [1.82, 2.24) is 10.2 Å². The molecule has 1 aromatic rings. The van der Waals surface area contributed by atoms with Gasteiger partial charge in [-0.15, -0.1) is 0 Å². The van der Waals surface area contributed by atoms with Crippen LogP contribution in [-0.4, -0.2) is 48.6 Å². The van der Waals surface area contributed by atoms with Crippen molar-refractivity contribution in [3.05, 3.63) is 29.3 Å². The molecule has 1 aromatic carbocycles. The molecule has 1 heterocycles. The van der Waals surface area contributed by atoms with Crippen LogP contribution in [0.3, 0.4) is 0 Å². The van der Waals surface area contributed by atoms with Crippen LogP contribution in [0.2, 0.25) is 5.02 Å². The van der Waals surface area contributed by atoms with Crippen LogP contribution >= 0.6 is 11.6 Å². The second kappa shape index (κ2) is 9.12. The lowest BCUT2D eigenvalue weighted by Gasteiger charge is -2.32. The molecule has 0 atom stereocenters. The Balaban J connectivity index is 1.65. The van der Waals surface area contributed by atoms with E-state index < -0.39 is 18.1 Å². The van der Waals surface area contributed by atoms with Gasteiger partial charge in [-0.2, -0.15) is 13.2 Å². The normalized spacial score (nSPS) is 15.6. The molecule has 2 amide bonds. The fourth-order valence-corrected chi connectivity index (χ4v) is 2.86. The van der Waals surface area contributed by atoms with Gasteiger partial charge in [0, 0.05) is 25.6 Å². The molecule has 5 nitrogen and oxygen atoms in total. The van der Waals surface area contributed by atoms with E-state index >= 15 is 0 Å². The summed E-state index contributed by atoms with van der Waals surface area (Å²) in [5.74, 6) is -1.45. The first-order valence-electron chi connectivity index (χ1n) is 8.30. The van der Waals surface area contributed by atoms with Crippen molar-refractivity contribution in [1.29, 1.82) is 0 Å². The van der Waals surface area contributed by atoms with Gasteiger partial charge >= 0.3 is 12.1 Å². The zero-order valence-corrected chi connectivity index (χ0v) is 14.8. The Kier molecular flexibility index (Phi) is 7.14. The Morgan fingerprint density at radius 1 is 1.23 bits per heavy atom. The number of piperidine rings is 1. The van der Waals surface area contributed by atoms with E-state index in [1.54, 1.807) is 29.2 Å². The fraction of sp³-hybridized carbons (Fsp3) is 0.529. The van der Waals surface area contributed by atoms with E-state index in [2.05, 4.69) is 0 Å². The molecule has 0 spiro atoms. The molecule has 144 valence electrons. The Morgan fingerprint density at radius 3 is 2.50 bits per heavy atom. The summed E-state index contributed by atoms with van der Waals surface area (Å²) in [6, 6.07) is 6.48. The summed E-state index contributed by atoms with van der Waals surface area (Å²) >= 11 is 5.96. The summed E-state index contributed by atoms with van der Waals surface area (Å²) < 4.78 is 42.2. The smallest absolute Gasteiger partial charge is 0.471 e. The maximum Gasteiger partial charge on any atom is 0.471 e. The zero-order chi connectivity index (χ0) is 19.2. The average molecular weight is 393 g/mol. The summed E-state index contributed by atoms with van der Waals surface area (Å²) in [7, 11) is 0. The molecular weight excluding hydrogens is 373 g/mol. The summed E-state index contributed by atoms with van der Waals surface area (Å²) in [5, 5.41) is 2.46. The molecule has 0 aliphatic carbocycles. The van der Waals surface area contributed by atoms with Crippen LogP contribution in [0.5, 0.6) is 5.75 Å². The molecule has 0 radical (unpaired) electrons. The van der Waals surface area contributed by atoms with Gasteiger partial charge < -0.3 is 15.0 Å². The zero-order valence-electron chi connectivity index (χ0n) is 14.0. The molecule has 1 aliphatic heterocycles. The lowest BCUT2D eigenvalue weighted by molar-refractivity contribution is -0.174. The van der Waals surface area contributed by atoms with Crippen LogP contribution in [0.4, 0.5) is 13.2 Å². The topological polar surface area (TPSA) is 58.6 Å². The number of amides is 2. The van der Waals surface area contributed by atoms with Crippen LogP contribution in [-0.2, 0) is 9.59 Å². The summed E-state index contributed by atoms with van der Waals surface area (Å²) in [6.45, 7) is 0.994. The number of likely N-dealkylation sites (tertiary alicyclic amines) is 1. The van der Waals surface area contributed by atoms with Crippen LogP contribution in [0, 0.1) is 0 Å². The number of hydrogen-bond donors (Lipinski definition) is 1. The number of nitrogens with zero attached hydrogens (tertiary/aromatic N) is 1. The minimum Gasteiger partial charge on any atom is -0.492 e. The summed E-state index contributed by atoms with van der Waals surface area (Å²) in [4.78, 5) is 24.7. The van der Waals surface area contributed by atoms with Crippen LogP contribution in [0.25, 0.3) is 0 Å². The summed E-state index contributed by atoms with van der Waals surface area (Å²) in [5.41, 5.74) is 0. The highest BCUT2D eigenvalue weighted by molar-refractivity contribution is 6.32. The molecule has 26 heavy (non-hydrogen) atoms. The van der Waals surface area contributed by atoms with E-state index in [1.807, 2.05) is 5.32 Å². The van der Waals surface area contributed by atoms with Gasteiger partial charge in [0.25, 0.3) is 0 Å². The van der Waals surface area contributed by atoms with E-state index in [9.17, 15) is 22.8 Å². The quantitative estimate of drug-likeness (QED) is 0.756. The number of nitrogens with one attached hydrogen (secondary N) is 1. The van der Waals surface area contributed by atoms with E-state index in [1.165, 1.54) is 0 Å². The number of ether oxygens (including phenoxy) is 1. The maximum atomic E-state index is 12.2. The third kappa shape index (κ3) is 6.09. The second-order valence-electron chi connectivity index (χ2n) is 6.01. The number of benzene rings is 1. The molecule has 0 saturated carbocycles. The third-order valence-electron chi connectivity index (χ3n) is 4.07. The third-order valence-corrected chi connectivity index (χ3v) is 4.38. The summed E-state index contributed by atoms with van der Waals surface area (Å²) in [6.07, 6.45) is -3.47. The molecular formula is C17H20ClF3N2O3. The lowest BCUT2D eigenvalue weighted by Crippen LogP contribution is -2.49. The van der Waals surface area contributed by atoms with Gasteiger partial charge in [0.1, 0.15) is 5.75 Å². The number of halogens is 4. The van der Waals surface area contributed by atoms with Crippen molar-refractivity contribution in [2.45, 2.75) is 37.9 Å². The molecule has 9 heteroatoms. The minimum absolute atomic E-state index is 0.0756. The molecule has 1 N–H and O–H groups in total. The Bertz CT molecular complexity index is 632. The molecule has 1 fully saturated rings. The molecule has 2 rings (SSSR count). The van der Waals surface area contributed by atoms with Crippen molar-refractivity contribution < 1.29 is 27.5 Å². The van der Waals surface area contributed by atoms with Crippen molar-refractivity contribution in [2.75, 3.05) is 19.7 Å². The highest BCUT2D eigenvalue weighted by atomic mass is 35.5. The van der Waals surface area contributed by atoms with Crippen molar-refractivity contribution in [2.24, 2.45) is 0 Å². The van der Waals surface area contributed by atoms with Crippen LogP contribution in [0.1, 0.15) is 25.7 Å². The highest BCUT2D eigenvalue weighted by Crippen LogP contribution is 2.23. The van der Waals surface area contributed by atoms with Gasteiger partial charge in [-0.05, 0) is 31.4 Å². The number of carbonyl (C=O) groups is 2. The molecule has 1 aliphatic rings. The predicted molar refractivity (Wildman–Crippen MR) is 90.0 cm³/mol. The Hall–Kier alpha value is -1.96. The van der Waals surface area contributed by atoms with Crippen LogP contribution in [0.15, 0.2) is 24.3 Å². The first-order chi connectivity index (χ1) is 12.3. The van der Waals surface area contributed by atoms with Gasteiger partial charge in [-0.25, -0.2) is 0 Å².